The summed E-state index contributed by atoms with van der Waals surface area (Å²) in [4.78, 5) is 27.7. The second-order valence-corrected chi connectivity index (χ2v) is 6.12. The van der Waals surface area contributed by atoms with E-state index in [9.17, 15) is 9.59 Å². The molecule has 0 bridgehead atoms. The number of aromatic nitrogens is 1. The van der Waals surface area contributed by atoms with Gasteiger partial charge < -0.3 is 5.32 Å². The molecule has 0 radical (unpaired) electrons. The highest BCUT2D eigenvalue weighted by molar-refractivity contribution is 8.13. The van der Waals surface area contributed by atoms with Gasteiger partial charge in [0.05, 0.1) is 17.8 Å². The van der Waals surface area contributed by atoms with E-state index in [2.05, 4.69) is 10.3 Å². The molecule has 22 heavy (non-hydrogen) atoms. The average molecular weight is 314 g/mol. The second-order valence-electron chi connectivity index (χ2n) is 4.92. The molecule has 5 heteroatoms. The minimum atomic E-state index is -0.267. The molecule has 1 aromatic carbocycles. The Kier molecular flexibility index (Phi) is 6.15. The third-order valence-corrected chi connectivity index (χ3v) is 4.09. The number of anilines is 1. The van der Waals surface area contributed by atoms with Crippen LogP contribution < -0.4 is 5.32 Å². The van der Waals surface area contributed by atoms with Crippen LogP contribution in [0.4, 0.5) is 5.69 Å². The van der Waals surface area contributed by atoms with E-state index in [-0.39, 0.29) is 16.9 Å². The van der Waals surface area contributed by atoms with Gasteiger partial charge in [0.2, 0.25) is 5.91 Å². The maximum absolute atomic E-state index is 12.5. The molecule has 1 heterocycles. The first-order chi connectivity index (χ1) is 10.6. The predicted molar refractivity (Wildman–Crippen MR) is 89.6 cm³/mol. The minimum Gasteiger partial charge on any atom is -0.324 e. The molecule has 0 saturated heterocycles. The van der Waals surface area contributed by atoms with Gasteiger partial charge in [0.15, 0.2) is 5.12 Å². The Balaban J connectivity index is 2.05. The van der Waals surface area contributed by atoms with Crippen LogP contribution in [0.3, 0.4) is 0 Å². The van der Waals surface area contributed by atoms with Gasteiger partial charge >= 0.3 is 0 Å². The summed E-state index contributed by atoms with van der Waals surface area (Å²) in [6.45, 7) is 1.52. The molecule has 1 aromatic heterocycles. The Bertz CT molecular complexity index is 617. The van der Waals surface area contributed by atoms with Crippen molar-refractivity contribution in [2.75, 3.05) is 11.1 Å². The lowest BCUT2D eigenvalue weighted by molar-refractivity contribution is -0.119. The van der Waals surface area contributed by atoms with Crippen LogP contribution in [-0.2, 0) is 16.0 Å². The molecule has 0 fully saturated rings. The fourth-order valence-corrected chi connectivity index (χ4v) is 2.73. The number of thioether (sulfide) groups is 1. The number of hydrogen-bond acceptors (Lipinski definition) is 4. The number of benzene rings is 1. The molecule has 114 valence electrons. The third-order valence-electron chi connectivity index (χ3n) is 3.11. The average Bonchev–Trinajstić information content (AvgIpc) is 2.53. The van der Waals surface area contributed by atoms with Gasteiger partial charge in [0, 0.05) is 18.9 Å². The van der Waals surface area contributed by atoms with Crippen molar-refractivity contribution < 1.29 is 9.59 Å². The fraction of sp³-hybridized carbons (Fsp3) is 0.235. The van der Waals surface area contributed by atoms with Gasteiger partial charge in [0.25, 0.3) is 0 Å². The smallest absolute Gasteiger partial charge is 0.228 e. The topological polar surface area (TPSA) is 59.1 Å². The molecule has 0 spiro atoms. The molecular weight excluding hydrogens is 296 g/mol. The van der Waals surface area contributed by atoms with E-state index >= 15 is 0 Å². The SMILES string of the molecule is CC(=O)SCC(Cc1ccccc1)C(=O)Nc1cccnc1. The number of pyridine rings is 1. The van der Waals surface area contributed by atoms with Crippen molar-refractivity contribution in [1.29, 1.82) is 0 Å². The van der Waals surface area contributed by atoms with Crippen LogP contribution in [-0.4, -0.2) is 21.8 Å². The summed E-state index contributed by atoms with van der Waals surface area (Å²) in [6.07, 6.45) is 3.87. The van der Waals surface area contributed by atoms with Crippen molar-refractivity contribution in [2.45, 2.75) is 13.3 Å². The predicted octanol–water partition coefficient (Wildman–Crippen LogP) is 3.16. The van der Waals surface area contributed by atoms with Crippen molar-refractivity contribution in [3.63, 3.8) is 0 Å². The van der Waals surface area contributed by atoms with Gasteiger partial charge in [0.1, 0.15) is 0 Å². The lowest BCUT2D eigenvalue weighted by Crippen LogP contribution is -2.27. The minimum absolute atomic E-state index is 0.0206. The molecule has 1 amide bonds. The molecule has 0 saturated carbocycles. The van der Waals surface area contributed by atoms with Crippen LogP contribution in [0, 0.1) is 5.92 Å². The number of hydrogen-bond donors (Lipinski definition) is 1. The zero-order valence-corrected chi connectivity index (χ0v) is 13.2. The lowest BCUT2D eigenvalue weighted by Gasteiger charge is -2.16. The fourth-order valence-electron chi connectivity index (χ4n) is 2.02. The molecule has 2 rings (SSSR count). The van der Waals surface area contributed by atoms with Crippen molar-refractivity contribution in [3.05, 3.63) is 60.4 Å². The molecule has 1 atom stereocenters. The highest BCUT2D eigenvalue weighted by atomic mass is 32.2. The molecule has 2 aromatic rings. The summed E-state index contributed by atoms with van der Waals surface area (Å²) in [5.41, 5.74) is 1.75. The van der Waals surface area contributed by atoms with Crippen LogP contribution in [0.1, 0.15) is 12.5 Å². The van der Waals surface area contributed by atoms with Gasteiger partial charge in [-0.1, -0.05) is 42.1 Å². The molecule has 0 aliphatic heterocycles. The number of nitrogens with zero attached hydrogens (tertiary/aromatic N) is 1. The Morgan fingerprint density at radius 1 is 1.18 bits per heavy atom. The van der Waals surface area contributed by atoms with Crippen molar-refractivity contribution in [2.24, 2.45) is 5.92 Å². The number of carbonyl (C=O) groups is 2. The molecule has 1 N–H and O–H groups in total. The summed E-state index contributed by atoms with van der Waals surface area (Å²) >= 11 is 1.18. The Morgan fingerprint density at radius 3 is 2.59 bits per heavy atom. The Hall–Kier alpha value is -2.14. The van der Waals surface area contributed by atoms with Gasteiger partial charge in [-0.3, -0.25) is 14.6 Å². The maximum Gasteiger partial charge on any atom is 0.228 e. The van der Waals surface area contributed by atoms with E-state index in [1.54, 1.807) is 24.5 Å². The zero-order valence-electron chi connectivity index (χ0n) is 12.4. The Labute approximate surface area is 134 Å². The van der Waals surface area contributed by atoms with E-state index in [1.165, 1.54) is 18.7 Å². The third kappa shape index (κ3) is 5.33. The standard InChI is InChI=1S/C17H18N2O2S/c1-13(20)22-12-15(10-14-6-3-2-4-7-14)17(21)19-16-8-5-9-18-11-16/h2-9,11,15H,10,12H2,1H3,(H,19,21). The summed E-state index contributed by atoms with van der Waals surface area (Å²) < 4.78 is 0. The summed E-state index contributed by atoms with van der Waals surface area (Å²) in [6, 6.07) is 13.4. The summed E-state index contributed by atoms with van der Waals surface area (Å²) in [5.74, 6) is 0.109. The molecular formula is C17H18N2O2S. The van der Waals surface area contributed by atoms with Gasteiger partial charge in [-0.15, -0.1) is 0 Å². The first-order valence-electron chi connectivity index (χ1n) is 7.03. The number of carbonyl (C=O) groups excluding carboxylic acids is 2. The monoisotopic (exact) mass is 314 g/mol. The van der Waals surface area contributed by atoms with Gasteiger partial charge in [-0.05, 0) is 24.1 Å². The first kappa shape index (κ1) is 16.2. The van der Waals surface area contributed by atoms with E-state index < -0.39 is 0 Å². The van der Waals surface area contributed by atoms with Crippen molar-refractivity contribution >= 4 is 28.5 Å². The summed E-state index contributed by atoms with van der Waals surface area (Å²) in [5, 5.41) is 2.88. The highest BCUT2D eigenvalue weighted by Crippen LogP contribution is 2.17. The van der Waals surface area contributed by atoms with Crippen LogP contribution >= 0.6 is 11.8 Å². The van der Waals surface area contributed by atoms with E-state index in [0.717, 1.165) is 5.56 Å². The summed E-state index contributed by atoms with van der Waals surface area (Å²) in [7, 11) is 0. The van der Waals surface area contributed by atoms with Crippen LogP contribution in [0.2, 0.25) is 0 Å². The Morgan fingerprint density at radius 2 is 1.95 bits per heavy atom. The molecule has 0 aliphatic rings. The molecule has 4 nitrogen and oxygen atoms in total. The van der Waals surface area contributed by atoms with Gasteiger partial charge in [-0.25, -0.2) is 0 Å². The van der Waals surface area contributed by atoms with E-state index in [4.69, 9.17) is 0 Å². The quantitative estimate of drug-likeness (QED) is 0.890. The van der Waals surface area contributed by atoms with Crippen LogP contribution in [0.5, 0.6) is 0 Å². The van der Waals surface area contributed by atoms with Crippen LogP contribution in [0.25, 0.3) is 0 Å². The molecule has 0 aliphatic carbocycles. The lowest BCUT2D eigenvalue weighted by atomic mass is 10.00. The number of rotatable bonds is 6. The van der Waals surface area contributed by atoms with Crippen molar-refractivity contribution in [1.82, 2.24) is 4.98 Å². The van der Waals surface area contributed by atoms with Gasteiger partial charge in [-0.2, -0.15) is 0 Å². The largest absolute Gasteiger partial charge is 0.324 e. The normalized spacial score (nSPS) is 11.7. The molecule has 1 unspecified atom stereocenters. The van der Waals surface area contributed by atoms with E-state index in [1.807, 2.05) is 30.3 Å². The highest BCUT2D eigenvalue weighted by Gasteiger charge is 2.20. The maximum atomic E-state index is 12.5. The second kappa shape index (κ2) is 8.34. The number of amides is 1. The zero-order chi connectivity index (χ0) is 15.8. The number of nitrogens with one attached hydrogen (secondary N) is 1. The van der Waals surface area contributed by atoms with Crippen LogP contribution in [0.15, 0.2) is 54.9 Å². The first-order valence-corrected chi connectivity index (χ1v) is 8.02. The van der Waals surface area contributed by atoms with Crippen molar-refractivity contribution in [3.8, 4) is 0 Å². The van der Waals surface area contributed by atoms with E-state index in [0.29, 0.717) is 17.9 Å².